The van der Waals surface area contributed by atoms with E-state index in [1.54, 1.807) is 19.9 Å². The Hall–Kier alpha value is -3.03. The Morgan fingerprint density at radius 2 is 1.54 bits per heavy atom. The number of benzene rings is 1. The molecule has 1 aromatic carbocycles. The van der Waals surface area contributed by atoms with Crippen molar-refractivity contribution in [3.8, 4) is 11.5 Å². The van der Waals surface area contributed by atoms with Gasteiger partial charge in [-0.05, 0) is 37.6 Å². The number of hydrogen-bond donors (Lipinski definition) is 0. The van der Waals surface area contributed by atoms with Gasteiger partial charge >= 0.3 is 18.3 Å². The fourth-order valence-corrected chi connectivity index (χ4v) is 1.49. The molecule has 0 heterocycles. The van der Waals surface area contributed by atoms with E-state index in [1.165, 1.54) is 24.3 Å². The van der Waals surface area contributed by atoms with E-state index in [0.717, 1.165) is 14.2 Å². The van der Waals surface area contributed by atoms with Gasteiger partial charge in [0.05, 0.1) is 20.3 Å². The number of ether oxygens (including phenoxy) is 5. The maximum atomic E-state index is 11.5. The molecule has 0 N–H and O–H groups in total. The third-order valence-corrected chi connectivity index (χ3v) is 2.45. The van der Waals surface area contributed by atoms with Crippen molar-refractivity contribution in [1.29, 1.82) is 0 Å². The largest absolute Gasteiger partial charge is 0.513 e. The summed E-state index contributed by atoms with van der Waals surface area (Å²) in [5.74, 6) is -0.642. The fraction of sp³-hybridized carbons (Fsp3) is 0.312. The van der Waals surface area contributed by atoms with Gasteiger partial charge in [-0.2, -0.15) is 0 Å². The van der Waals surface area contributed by atoms with Crippen LogP contribution < -0.4 is 9.47 Å². The van der Waals surface area contributed by atoms with E-state index in [2.05, 4.69) is 9.47 Å². The second-order valence-corrected chi connectivity index (χ2v) is 4.64. The molecular formula is C16H18O8. The minimum atomic E-state index is -0.995. The van der Waals surface area contributed by atoms with Gasteiger partial charge in [0, 0.05) is 6.08 Å². The molecule has 0 aliphatic heterocycles. The molecule has 0 fully saturated rings. The molecule has 0 atom stereocenters. The maximum absolute atomic E-state index is 11.5. The van der Waals surface area contributed by atoms with E-state index in [1.807, 2.05) is 0 Å². The minimum absolute atomic E-state index is 0.0471. The highest BCUT2D eigenvalue weighted by Crippen LogP contribution is 2.29. The van der Waals surface area contributed by atoms with Gasteiger partial charge in [-0.15, -0.1) is 0 Å². The van der Waals surface area contributed by atoms with Crippen LogP contribution in [0.15, 0.2) is 24.3 Å². The van der Waals surface area contributed by atoms with Crippen molar-refractivity contribution < 1.29 is 38.1 Å². The summed E-state index contributed by atoms with van der Waals surface area (Å²) >= 11 is 0. The number of hydrogen-bond acceptors (Lipinski definition) is 8. The molecule has 0 saturated carbocycles. The summed E-state index contributed by atoms with van der Waals surface area (Å²) in [6, 6.07) is 4.30. The van der Waals surface area contributed by atoms with Crippen molar-refractivity contribution in [3.63, 3.8) is 0 Å². The summed E-state index contributed by atoms with van der Waals surface area (Å²) in [5, 5.41) is 0. The van der Waals surface area contributed by atoms with Gasteiger partial charge in [0.1, 0.15) is 0 Å². The molecular weight excluding hydrogens is 320 g/mol. The third kappa shape index (κ3) is 6.39. The van der Waals surface area contributed by atoms with Crippen LogP contribution in [-0.4, -0.2) is 38.6 Å². The molecule has 0 aromatic heterocycles. The molecule has 24 heavy (non-hydrogen) atoms. The summed E-state index contributed by atoms with van der Waals surface area (Å²) in [6.07, 6.45) is 0.462. The van der Waals surface area contributed by atoms with Crippen LogP contribution >= 0.6 is 0 Å². The van der Waals surface area contributed by atoms with Gasteiger partial charge in [-0.25, -0.2) is 14.4 Å². The average molecular weight is 338 g/mol. The second kappa shape index (κ2) is 9.19. The van der Waals surface area contributed by atoms with Gasteiger partial charge in [-0.1, -0.05) is 6.07 Å². The van der Waals surface area contributed by atoms with Crippen LogP contribution in [0, 0.1) is 0 Å². The van der Waals surface area contributed by atoms with Gasteiger partial charge in [0.2, 0.25) is 0 Å². The number of methoxy groups -OCH3 is 2. The Labute approximate surface area is 138 Å². The smallest absolute Gasteiger partial charge is 0.460 e. The first-order chi connectivity index (χ1) is 11.3. The van der Waals surface area contributed by atoms with Crippen molar-refractivity contribution in [2.45, 2.75) is 20.0 Å². The van der Waals surface area contributed by atoms with E-state index < -0.39 is 18.3 Å². The normalized spacial score (nSPS) is 10.4. The summed E-state index contributed by atoms with van der Waals surface area (Å²) in [5.41, 5.74) is 0.506. The summed E-state index contributed by atoms with van der Waals surface area (Å²) in [6.45, 7) is 3.46. The topological polar surface area (TPSA) is 97.4 Å². The molecule has 0 aliphatic rings. The van der Waals surface area contributed by atoms with Gasteiger partial charge in [0.15, 0.2) is 11.5 Å². The molecule has 8 nitrogen and oxygen atoms in total. The Morgan fingerprint density at radius 1 is 0.958 bits per heavy atom. The van der Waals surface area contributed by atoms with E-state index in [0.29, 0.717) is 5.56 Å². The standard InChI is InChI=1S/C16H18O8/c1-10(2)22-14(17)8-6-11-5-7-12(23-15(18)20-3)13(9-11)24-16(19)21-4/h5-10H,1-4H3. The first-order valence-corrected chi connectivity index (χ1v) is 6.90. The van der Waals surface area contributed by atoms with Gasteiger partial charge in [-0.3, -0.25) is 0 Å². The molecule has 0 aliphatic carbocycles. The Morgan fingerprint density at radius 3 is 2.08 bits per heavy atom. The number of rotatable bonds is 5. The third-order valence-electron chi connectivity index (χ3n) is 2.45. The molecule has 0 radical (unpaired) electrons. The molecule has 1 rings (SSSR count). The zero-order chi connectivity index (χ0) is 18.1. The SMILES string of the molecule is COC(=O)Oc1ccc(C=CC(=O)OC(C)C)cc1OC(=O)OC. The highest BCUT2D eigenvalue weighted by Gasteiger charge is 2.15. The summed E-state index contributed by atoms with van der Waals surface area (Å²) in [4.78, 5) is 34.0. The quantitative estimate of drug-likeness (QED) is 0.350. The van der Waals surface area contributed by atoms with Gasteiger partial charge < -0.3 is 23.7 Å². The number of esters is 1. The lowest BCUT2D eigenvalue weighted by Crippen LogP contribution is -2.12. The Kier molecular flexibility index (Phi) is 7.28. The van der Waals surface area contributed by atoms with Gasteiger partial charge in [0.25, 0.3) is 0 Å². The van der Waals surface area contributed by atoms with Crippen molar-refractivity contribution in [1.82, 2.24) is 0 Å². The molecule has 0 amide bonds. The monoisotopic (exact) mass is 338 g/mol. The minimum Gasteiger partial charge on any atom is -0.460 e. The second-order valence-electron chi connectivity index (χ2n) is 4.64. The fourth-order valence-electron chi connectivity index (χ4n) is 1.49. The van der Waals surface area contributed by atoms with E-state index >= 15 is 0 Å². The molecule has 0 spiro atoms. The van der Waals surface area contributed by atoms with E-state index in [4.69, 9.17) is 14.2 Å². The van der Waals surface area contributed by atoms with Crippen LogP contribution in [0.4, 0.5) is 9.59 Å². The van der Waals surface area contributed by atoms with Crippen molar-refractivity contribution in [3.05, 3.63) is 29.8 Å². The van der Waals surface area contributed by atoms with Crippen molar-refractivity contribution >= 4 is 24.4 Å². The highest BCUT2D eigenvalue weighted by atomic mass is 16.7. The van der Waals surface area contributed by atoms with Crippen LogP contribution in [0.1, 0.15) is 19.4 Å². The first-order valence-electron chi connectivity index (χ1n) is 6.90. The Balaban J connectivity index is 3.01. The number of carbonyl (C=O) groups is 3. The Bertz CT molecular complexity index is 633. The molecule has 0 saturated heterocycles. The van der Waals surface area contributed by atoms with Crippen LogP contribution in [-0.2, 0) is 19.0 Å². The molecule has 130 valence electrons. The lowest BCUT2D eigenvalue weighted by molar-refractivity contribution is -0.141. The van der Waals surface area contributed by atoms with Crippen LogP contribution in [0.25, 0.3) is 6.08 Å². The summed E-state index contributed by atoms with van der Waals surface area (Å²) in [7, 11) is 2.27. The molecule has 8 heteroatoms. The molecule has 1 aromatic rings. The molecule has 0 unspecified atom stereocenters. The predicted molar refractivity (Wildman–Crippen MR) is 82.8 cm³/mol. The van der Waals surface area contributed by atoms with E-state index in [-0.39, 0.29) is 17.6 Å². The lowest BCUT2D eigenvalue weighted by atomic mass is 10.2. The van der Waals surface area contributed by atoms with Crippen LogP contribution in [0.3, 0.4) is 0 Å². The van der Waals surface area contributed by atoms with E-state index in [9.17, 15) is 14.4 Å². The first kappa shape index (κ1) is 19.0. The zero-order valence-electron chi connectivity index (χ0n) is 13.7. The van der Waals surface area contributed by atoms with Crippen molar-refractivity contribution in [2.24, 2.45) is 0 Å². The predicted octanol–water partition coefficient (Wildman–Crippen LogP) is 2.94. The lowest BCUT2D eigenvalue weighted by Gasteiger charge is -2.10. The van der Waals surface area contributed by atoms with Crippen LogP contribution in [0.5, 0.6) is 11.5 Å². The number of carbonyl (C=O) groups excluding carboxylic acids is 3. The molecule has 0 bridgehead atoms. The highest BCUT2D eigenvalue weighted by molar-refractivity contribution is 5.87. The zero-order valence-corrected chi connectivity index (χ0v) is 13.7. The van der Waals surface area contributed by atoms with Crippen LogP contribution in [0.2, 0.25) is 0 Å². The summed E-state index contributed by atoms with van der Waals surface area (Å²) < 4.78 is 23.5. The van der Waals surface area contributed by atoms with Crippen molar-refractivity contribution in [2.75, 3.05) is 14.2 Å². The maximum Gasteiger partial charge on any atom is 0.513 e. The average Bonchev–Trinajstić information content (AvgIpc) is 2.53.